The topological polar surface area (TPSA) is 76.1 Å². The zero-order valence-corrected chi connectivity index (χ0v) is 15.1. The number of amides is 1. The molecule has 1 saturated heterocycles. The van der Waals surface area contributed by atoms with Crippen molar-refractivity contribution in [3.63, 3.8) is 0 Å². The molecule has 0 spiro atoms. The van der Waals surface area contributed by atoms with Crippen molar-refractivity contribution in [1.82, 2.24) is 4.90 Å². The number of ether oxygens (including phenoxy) is 2. The number of rotatable bonds is 4. The summed E-state index contributed by atoms with van der Waals surface area (Å²) in [4.78, 5) is 25.8. The molecule has 6 nitrogen and oxygen atoms in total. The van der Waals surface area contributed by atoms with E-state index in [2.05, 4.69) is 4.74 Å². The smallest absolute Gasteiger partial charge is 0.411 e. The number of likely N-dealkylation sites (tertiary alicyclic amines) is 1. The molecule has 140 valence electrons. The van der Waals surface area contributed by atoms with Crippen LogP contribution in [0.3, 0.4) is 0 Å². The number of aliphatic carboxylic acids is 1. The van der Waals surface area contributed by atoms with Crippen LogP contribution in [0.25, 0.3) is 0 Å². The quantitative estimate of drug-likeness (QED) is 0.840. The van der Waals surface area contributed by atoms with Crippen molar-refractivity contribution in [3.05, 3.63) is 0 Å². The summed E-state index contributed by atoms with van der Waals surface area (Å²) >= 11 is 0. The van der Waals surface area contributed by atoms with E-state index in [1.54, 1.807) is 41.5 Å². The predicted molar refractivity (Wildman–Crippen MR) is 82.8 cm³/mol. The average molecular weight is 351 g/mol. The van der Waals surface area contributed by atoms with Crippen LogP contribution >= 0.6 is 0 Å². The first-order valence-corrected chi connectivity index (χ1v) is 7.84. The largest absolute Gasteiger partial charge is 0.479 e. The first-order chi connectivity index (χ1) is 10.7. The molecule has 0 saturated carbocycles. The summed E-state index contributed by atoms with van der Waals surface area (Å²) in [6.07, 6.45) is -0.739. The number of nitrogens with zero attached hydrogens (tertiary/aromatic N) is 1. The van der Waals surface area contributed by atoms with Crippen molar-refractivity contribution in [2.75, 3.05) is 13.2 Å². The van der Waals surface area contributed by atoms with Crippen LogP contribution in [0.4, 0.5) is 13.6 Å². The Kier molecular flexibility index (Phi) is 5.85. The lowest BCUT2D eigenvalue weighted by Crippen LogP contribution is -2.61. The van der Waals surface area contributed by atoms with E-state index in [0.29, 0.717) is 0 Å². The first-order valence-electron chi connectivity index (χ1n) is 7.84. The van der Waals surface area contributed by atoms with Crippen LogP contribution in [-0.2, 0) is 14.3 Å². The van der Waals surface area contributed by atoms with Gasteiger partial charge in [0.2, 0.25) is 0 Å². The molecule has 2 atom stereocenters. The summed E-state index contributed by atoms with van der Waals surface area (Å²) in [5, 5.41) is 9.87. The molecule has 0 aromatic rings. The highest BCUT2D eigenvalue weighted by Crippen LogP contribution is 2.46. The Bertz CT molecular complexity index is 484. The molecule has 0 radical (unpaired) electrons. The molecule has 8 heteroatoms. The Morgan fingerprint density at radius 1 is 1.25 bits per heavy atom. The maximum Gasteiger partial charge on any atom is 0.411 e. The fourth-order valence-electron chi connectivity index (χ4n) is 3.11. The van der Waals surface area contributed by atoms with Gasteiger partial charge < -0.3 is 14.6 Å². The number of alkyl halides is 2. The van der Waals surface area contributed by atoms with Gasteiger partial charge in [-0.25, -0.2) is 9.59 Å². The molecule has 1 aliphatic heterocycles. The fourth-order valence-corrected chi connectivity index (χ4v) is 3.11. The van der Waals surface area contributed by atoms with Gasteiger partial charge in [-0.2, -0.15) is 8.78 Å². The second kappa shape index (κ2) is 6.82. The Morgan fingerprint density at radius 3 is 2.17 bits per heavy atom. The van der Waals surface area contributed by atoms with E-state index < -0.39 is 41.1 Å². The number of carbonyl (C=O) groups excluding carboxylic acids is 1. The molecular formula is C16H27F2NO5. The number of carbonyl (C=O) groups is 2. The first kappa shape index (κ1) is 20.6. The molecule has 1 heterocycles. The van der Waals surface area contributed by atoms with E-state index >= 15 is 0 Å². The number of hydrogen-bond donors (Lipinski definition) is 1. The van der Waals surface area contributed by atoms with Gasteiger partial charge >= 0.3 is 18.7 Å². The fraction of sp³-hybridized carbons (Fsp3) is 0.875. The van der Waals surface area contributed by atoms with Crippen LogP contribution in [0.5, 0.6) is 0 Å². The Balaban J connectivity index is 3.18. The van der Waals surface area contributed by atoms with E-state index in [-0.39, 0.29) is 19.6 Å². The Labute approximate surface area is 141 Å². The number of halogens is 2. The van der Waals surface area contributed by atoms with Crippen molar-refractivity contribution in [1.29, 1.82) is 0 Å². The molecule has 0 bridgehead atoms. The molecular weight excluding hydrogens is 324 g/mol. The minimum Gasteiger partial charge on any atom is -0.479 e. The molecule has 0 unspecified atom stereocenters. The minimum atomic E-state index is -2.94. The monoisotopic (exact) mass is 351 g/mol. The third-order valence-electron chi connectivity index (χ3n) is 4.15. The second-order valence-electron chi connectivity index (χ2n) is 8.17. The van der Waals surface area contributed by atoms with Gasteiger partial charge in [-0.3, -0.25) is 4.90 Å². The van der Waals surface area contributed by atoms with Crippen LogP contribution in [-0.4, -0.2) is 53.0 Å². The van der Waals surface area contributed by atoms with Gasteiger partial charge in [0.25, 0.3) is 0 Å². The van der Waals surface area contributed by atoms with Gasteiger partial charge in [0.05, 0.1) is 6.61 Å². The van der Waals surface area contributed by atoms with Crippen LogP contribution in [0, 0.1) is 11.3 Å². The minimum absolute atomic E-state index is 0.00873. The van der Waals surface area contributed by atoms with E-state index in [1.165, 1.54) is 0 Å². The van der Waals surface area contributed by atoms with Crippen molar-refractivity contribution in [2.45, 2.75) is 65.7 Å². The van der Waals surface area contributed by atoms with E-state index in [4.69, 9.17) is 4.74 Å². The summed E-state index contributed by atoms with van der Waals surface area (Å²) < 4.78 is 34.3. The van der Waals surface area contributed by atoms with Gasteiger partial charge in [0.15, 0.2) is 0 Å². The second-order valence-corrected chi connectivity index (χ2v) is 8.17. The normalized spacial score (nSPS) is 25.2. The molecule has 1 N–H and O–H groups in total. The van der Waals surface area contributed by atoms with Gasteiger partial charge in [-0.05, 0) is 32.6 Å². The highest BCUT2D eigenvalue weighted by molar-refractivity contribution is 5.86. The predicted octanol–water partition coefficient (Wildman–Crippen LogP) is 3.35. The van der Waals surface area contributed by atoms with Gasteiger partial charge in [0, 0.05) is 12.5 Å². The van der Waals surface area contributed by atoms with Crippen molar-refractivity contribution in [2.24, 2.45) is 11.3 Å². The van der Waals surface area contributed by atoms with Crippen LogP contribution < -0.4 is 0 Å². The number of carboxylic acids is 1. The highest BCUT2D eigenvalue weighted by Gasteiger charge is 2.61. The van der Waals surface area contributed by atoms with E-state index in [0.717, 1.165) is 4.90 Å². The third kappa shape index (κ3) is 4.34. The van der Waals surface area contributed by atoms with Crippen molar-refractivity contribution >= 4 is 12.1 Å². The summed E-state index contributed by atoms with van der Waals surface area (Å²) in [6.45, 7) is 6.88. The van der Waals surface area contributed by atoms with Gasteiger partial charge in [-0.1, -0.05) is 20.8 Å². The molecule has 0 aromatic carbocycles. The lowest BCUT2D eigenvalue weighted by Gasteiger charge is -2.44. The average Bonchev–Trinajstić information content (AvgIpc) is 2.74. The molecule has 1 amide bonds. The van der Waals surface area contributed by atoms with Crippen molar-refractivity contribution < 1.29 is 33.0 Å². The molecule has 0 aromatic heterocycles. The third-order valence-corrected chi connectivity index (χ3v) is 4.15. The maximum absolute atomic E-state index is 12.6. The van der Waals surface area contributed by atoms with Crippen LogP contribution in [0.15, 0.2) is 0 Å². The molecule has 1 rings (SSSR count). The van der Waals surface area contributed by atoms with Gasteiger partial charge in [-0.15, -0.1) is 0 Å². The standard InChI is InChI=1S/C16H27F2NO5/c1-14(2,3)16(11(20)21)7-10(9-23-12(17)18)8-19(16)13(22)24-15(4,5)6/h10,12H,7-9H2,1-6H3,(H,20,21)/t10-,16+/m0/s1. The number of hydrogen-bond acceptors (Lipinski definition) is 4. The lowest BCUT2D eigenvalue weighted by atomic mass is 9.71. The van der Waals surface area contributed by atoms with E-state index in [9.17, 15) is 23.5 Å². The Hall–Kier alpha value is -1.44. The molecule has 0 aliphatic carbocycles. The SMILES string of the molecule is CC(C)(C)OC(=O)N1C[C@@H](COC(F)F)C[C@@]1(C(=O)O)C(C)(C)C. The van der Waals surface area contributed by atoms with E-state index in [1.807, 2.05) is 0 Å². The summed E-state index contributed by atoms with van der Waals surface area (Å²) in [7, 11) is 0. The van der Waals surface area contributed by atoms with Crippen LogP contribution in [0.1, 0.15) is 48.0 Å². The van der Waals surface area contributed by atoms with Crippen LogP contribution in [0.2, 0.25) is 0 Å². The zero-order chi connectivity index (χ0) is 18.9. The maximum atomic E-state index is 12.6. The Morgan fingerprint density at radius 2 is 1.79 bits per heavy atom. The molecule has 1 fully saturated rings. The lowest BCUT2D eigenvalue weighted by molar-refractivity contribution is -0.157. The summed E-state index contributed by atoms with van der Waals surface area (Å²) in [5.41, 5.74) is -3.17. The molecule has 24 heavy (non-hydrogen) atoms. The number of carboxylic acid groups (broad SMARTS) is 1. The molecule has 1 aliphatic rings. The summed E-state index contributed by atoms with van der Waals surface area (Å²) in [6, 6.07) is 0. The van der Waals surface area contributed by atoms with Gasteiger partial charge in [0.1, 0.15) is 11.1 Å². The van der Waals surface area contributed by atoms with Crippen molar-refractivity contribution in [3.8, 4) is 0 Å². The summed E-state index contributed by atoms with van der Waals surface area (Å²) in [5.74, 6) is -1.69. The zero-order valence-electron chi connectivity index (χ0n) is 15.1. The highest BCUT2D eigenvalue weighted by atomic mass is 19.3.